The summed E-state index contributed by atoms with van der Waals surface area (Å²) in [5.74, 6) is 0. The summed E-state index contributed by atoms with van der Waals surface area (Å²) in [7, 11) is -1.99. The Hall–Kier alpha value is 0.01000. The maximum absolute atomic E-state index is 12.3. The van der Waals surface area contributed by atoms with E-state index in [1.54, 1.807) is 0 Å². The van der Waals surface area contributed by atoms with Gasteiger partial charge in [-0.15, -0.1) is 22.7 Å². The summed E-state index contributed by atoms with van der Waals surface area (Å²) in [6, 6.07) is 1.45. The van der Waals surface area contributed by atoms with Gasteiger partial charge in [0, 0.05) is 12.4 Å². The summed E-state index contributed by atoms with van der Waals surface area (Å²) in [4.78, 5) is 4.26. The lowest BCUT2D eigenvalue weighted by atomic mass is 10.5. The minimum Gasteiger partial charge on any atom is -0.245 e. The molecule has 2 heterocycles. The van der Waals surface area contributed by atoms with Crippen molar-refractivity contribution < 1.29 is 8.42 Å². The van der Waals surface area contributed by atoms with Crippen LogP contribution in [0.3, 0.4) is 0 Å². The van der Waals surface area contributed by atoms with Crippen LogP contribution in [0.4, 0.5) is 0 Å². The second kappa shape index (κ2) is 5.79. The molecule has 0 atom stereocenters. The Balaban J connectivity index is 2.24. The fourth-order valence-corrected chi connectivity index (χ4v) is 5.76. The highest BCUT2D eigenvalue weighted by molar-refractivity contribution is 9.11. The van der Waals surface area contributed by atoms with Gasteiger partial charge in [-0.1, -0.05) is 11.6 Å². The van der Waals surface area contributed by atoms with Crippen LogP contribution in [0.1, 0.15) is 10.7 Å². The standard InChI is InChI=1S/C10H10BrClN2O2S3/c1-6-13-7(5-17-6)4-14(2)19(15,16)9-3-8(12)10(11)18-9/h3,5H,4H2,1-2H3. The fourth-order valence-electron chi connectivity index (χ4n) is 1.40. The molecule has 2 rings (SSSR count). The highest BCUT2D eigenvalue weighted by Gasteiger charge is 2.24. The lowest BCUT2D eigenvalue weighted by Crippen LogP contribution is -2.25. The molecule has 104 valence electrons. The van der Waals surface area contributed by atoms with Crippen molar-refractivity contribution in [3.05, 3.63) is 31.0 Å². The first-order valence-electron chi connectivity index (χ1n) is 5.13. The maximum Gasteiger partial charge on any atom is 0.252 e. The molecule has 0 unspecified atom stereocenters. The molecule has 0 bridgehead atoms. The third kappa shape index (κ3) is 3.37. The van der Waals surface area contributed by atoms with Crippen LogP contribution in [0.25, 0.3) is 0 Å². The van der Waals surface area contributed by atoms with E-state index in [1.165, 1.54) is 28.8 Å². The van der Waals surface area contributed by atoms with Gasteiger partial charge in [0.25, 0.3) is 10.0 Å². The van der Waals surface area contributed by atoms with Crippen molar-refractivity contribution in [2.24, 2.45) is 0 Å². The van der Waals surface area contributed by atoms with Gasteiger partial charge in [0.2, 0.25) is 0 Å². The molecule has 0 aliphatic heterocycles. The largest absolute Gasteiger partial charge is 0.252 e. The molecule has 0 aromatic carbocycles. The van der Waals surface area contributed by atoms with Crippen molar-refractivity contribution in [1.82, 2.24) is 9.29 Å². The van der Waals surface area contributed by atoms with E-state index >= 15 is 0 Å². The molecule has 0 spiro atoms. The molecule has 0 aliphatic carbocycles. The zero-order valence-electron chi connectivity index (χ0n) is 10.1. The zero-order valence-corrected chi connectivity index (χ0v) is 14.8. The summed E-state index contributed by atoms with van der Waals surface area (Å²) in [6.07, 6.45) is 0. The predicted octanol–water partition coefficient (Wildman–Crippen LogP) is 3.75. The number of thiazole rings is 1. The van der Waals surface area contributed by atoms with Crippen molar-refractivity contribution in [3.8, 4) is 0 Å². The van der Waals surface area contributed by atoms with Crippen LogP contribution in [0.5, 0.6) is 0 Å². The van der Waals surface area contributed by atoms with Crippen LogP contribution in [-0.4, -0.2) is 24.8 Å². The van der Waals surface area contributed by atoms with Gasteiger partial charge in [-0.3, -0.25) is 0 Å². The van der Waals surface area contributed by atoms with E-state index in [0.29, 0.717) is 8.81 Å². The Morgan fingerprint density at radius 1 is 1.53 bits per heavy atom. The minimum absolute atomic E-state index is 0.221. The number of halogens is 2. The van der Waals surface area contributed by atoms with Gasteiger partial charge in [-0.05, 0) is 28.9 Å². The van der Waals surface area contributed by atoms with E-state index in [9.17, 15) is 8.42 Å². The molecule has 0 fully saturated rings. The van der Waals surface area contributed by atoms with Crippen molar-refractivity contribution in [2.75, 3.05) is 7.05 Å². The van der Waals surface area contributed by atoms with Crippen LogP contribution < -0.4 is 0 Å². The lowest BCUT2D eigenvalue weighted by Gasteiger charge is -2.14. The predicted molar refractivity (Wildman–Crippen MR) is 82.5 cm³/mol. The molecule has 0 saturated heterocycles. The summed E-state index contributed by atoms with van der Waals surface area (Å²) < 4.78 is 26.8. The maximum atomic E-state index is 12.3. The second-order valence-corrected chi connectivity index (χ2v) is 9.92. The van der Waals surface area contributed by atoms with Gasteiger partial charge >= 0.3 is 0 Å². The second-order valence-electron chi connectivity index (χ2n) is 3.81. The Morgan fingerprint density at radius 2 is 2.21 bits per heavy atom. The SMILES string of the molecule is Cc1nc(CN(C)S(=O)(=O)c2cc(Cl)c(Br)s2)cs1. The van der Waals surface area contributed by atoms with Gasteiger partial charge in [-0.2, -0.15) is 4.31 Å². The minimum atomic E-state index is -3.53. The monoisotopic (exact) mass is 400 g/mol. The highest BCUT2D eigenvalue weighted by Crippen LogP contribution is 2.35. The van der Waals surface area contributed by atoms with Crippen LogP contribution in [0.2, 0.25) is 5.02 Å². The average molecular weight is 402 g/mol. The molecule has 0 amide bonds. The van der Waals surface area contributed by atoms with E-state index in [1.807, 2.05) is 12.3 Å². The van der Waals surface area contributed by atoms with Crippen LogP contribution in [0.15, 0.2) is 19.4 Å². The Morgan fingerprint density at radius 3 is 2.68 bits per heavy atom. The quantitative estimate of drug-likeness (QED) is 0.784. The van der Waals surface area contributed by atoms with Gasteiger partial charge in [0.1, 0.15) is 4.21 Å². The fraction of sp³-hybridized carbons (Fsp3) is 0.300. The summed E-state index contributed by atoms with van der Waals surface area (Å²) in [6.45, 7) is 2.14. The molecule has 19 heavy (non-hydrogen) atoms. The summed E-state index contributed by atoms with van der Waals surface area (Å²) >= 11 is 11.7. The summed E-state index contributed by atoms with van der Waals surface area (Å²) in [5.41, 5.74) is 0.746. The van der Waals surface area contributed by atoms with Gasteiger partial charge in [-0.25, -0.2) is 13.4 Å². The van der Waals surface area contributed by atoms with E-state index in [4.69, 9.17) is 11.6 Å². The molecule has 0 radical (unpaired) electrons. The molecule has 0 aliphatic rings. The van der Waals surface area contributed by atoms with Crippen molar-refractivity contribution in [1.29, 1.82) is 0 Å². The van der Waals surface area contributed by atoms with E-state index in [2.05, 4.69) is 20.9 Å². The molecule has 2 aromatic rings. The molecular formula is C10H10BrClN2O2S3. The van der Waals surface area contributed by atoms with Crippen molar-refractivity contribution >= 4 is 60.2 Å². The number of nitrogens with zero attached hydrogens (tertiary/aromatic N) is 2. The van der Waals surface area contributed by atoms with Crippen LogP contribution >= 0.6 is 50.2 Å². The Labute approximate surface area is 133 Å². The number of sulfonamides is 1. The molecular weight excluding hydrogens is 392 g/mol. The first-order chi connectivity index (χ1) is 8.80. The van der Waals surface area contributed by atoms with E-state index in [-0.39, 0.29) is 10.8 Å². The van der Waals surface area contributed by atoms with Crippen molar-refractivity contribution in [2.45, 2.75) is 17.7 Å². The Bertz CT molecular complexity index is 676. The van der Waals surface area contributed by atoms with Gasteiger partial charge in [0.15, 0.2) is 0 Å². The molecule has 9 heteroatoms. The number of hydrogen-bond acceptors (Lipinski definition) is 5. The van der Waals surface area contributed by atoms with Crippen molar-refractivity contribution in [3.63, 3.8) is 0 Å². The average Bonchev–Trinajstić information content (AvgIpc) is 2.87. The highest BCUT2D eigenvalue weighted by atomic mass is 79.9. The number of rotatable bonds is 4. The topological polar surface area (TPSA) is 50.3 Å². The third-order valence-electron chi connectivity index (χ3n) is 2.34. The van der Waals surface area contributed by atoms with Crippen LogP contribution in [-0.2, 0) is 16.6 Å². The lowest BCUT2D eigenvalue weighted by molar-refractivity contribution is 0.464. The third-order valence-corrected chi connectivity index (χ3v) is 7.89. The molecule has 4 nitrogen and oxygen atoms in total. The molecule has 0 saturated carbocycles. The smallest absolute Gasteiger partial charge is 0.245 e. The number of aryl methyl sites for hydroxylation is 1. The molecule has 0 N–H and O–H groups in total. The van der Waals surface area contributed by atoms with E-state index < -0.39 is 10.0 Å². The molecule has 2 aromatic heterocycles. The normalized spacial score (nSPS) is 12.3. The first-order valence-corrected chi connectivity index (χ1v) is 9.43. The summed E-state index contributed by atoms with van der Waals surface area (Å²) in [5, 5.41) is 3.18. The zero-order chi connectivity index (χ0) is 14.2. The van der Waals surface area contributed by atoms with Gasteiger partial charge in [0.05, 0.1) is 26.1 Å². The first kappa shape index (κ1) is 15.4. The number of aromatic nitrogens is 1. The van der Waals surface area contributed by atoms with Gasteiger partial charge < -0.3 is 0 Å². The number of thiophene rings is 1. The van der Waals surface area contributed by atoms with E-state index in [0.717, 1.165) is 22.0 Å². The Kier molecular flexibility index (Phi) is 4.69. The van der Waals surface area contributed by atoms with Crippen LogP contribution in [0, 0.1) is 6.92 Å². The number of hydrogen-bond donors (Lipinski definition) is 0.